The number of rotatable bonds is 0. The van der Waals surface area contributed by atoms with Crippen LogP contribution in [0, 0.1) is 0 Å². The summed E-state index contributed by atoms with van der Waals surface area (Å²) in [6, 6.07) is 0. The molecule has 0 aromatic heterocycles. The van der Waals surface area contributed by atoms with Crippen LogP contribution in [-0.4, -0.2) is 17.4 Å². The van der Waals surface area contributed by atoms with E-state index < -0.39 is 7.32 Å². The average molecular weight is 101 g/mol. The molecule has 0 aromatic carbocycles. The van der Waals surface area contributed by atoms with Crippen molar-refractivity contribution in [3.63, 3.8) is 0 Å². The Bertz CT molecular complexity index is 15.5. The Balaban J connectivity index is -0.0000000450. The van der Waals surface area contributed by atoms with E-state index in [2.05, 4.69) is 0 Å². The van der Waals surface area contributed by atoms with Gasteiger partial charge in [-0.15, -0.1) is 0 Å². The van der Waals surface area contributed by atoms with E-state index in [0.29, 0.717) is 0 Å². The van der Waals surface area contributed by atoms with E-state index in [0.717, 1.165) is 0 Å². The van der Waals surface area contributed by atoms with E-state index in [4.69, 9.17) is 15.1 Å². The zero-order valence-corrected chi connectivity index (χ0v) is 5.59. The predicted molar refractivity (Wildman–Crippen MR) is 15.2 cm³/mol. The minimum absolute atomic E-state index is 0. The molecule has 0 bridgehead atoms. The molecule has 32 valence electrons. The Morgan fingerprint density at radius 3 is 1.33 bits per heavy atom. The van der Waals surface area contributed by atoms with Gasteiger partial charge in [0.2, 0.25) is 0 Å². The first kappa shape index (κ1) is 15.8. The monoisotopic (exact) mass is 101 g/mol. The van der Waals surface area contributed by atoms with Crippen molar-refractivity contribution in [2.45, 2.75) is 0 Å². The fourth-order valence-corrected chi connectivity index (χ4v) is 0. The van der Waals surface area contributed by atoms with E-state index in [1.54, 1.807) is 0 Å². The van der Waals surface area contributed by atoms with Gasteiger partial charge in [-0.3, -0.25) is 0 Å². The van der Waals surface area contributed by atoms with Gasteiger partial charge < -0.3 is 21.2 Å². The summed E-state index contributed by atoms with van der Waals surface area (Å²) in [5, 5.41) is 22.8. The Morgan fingerprint density at radius 2 is 1.33 bits per heavy atom. The van der Waals surface area contributed by atoms with Crippen LogP contribution in [0.1, 0.15) is 0 Å². The SMILES string of the molecule is N.[Na+].[O-]B(O)O. The molecule has 0 unspecified atom stereocenters. The molecule has 0 aliphatic heterocycles. The van der Waals surface area contributed by atoms with Crippen molar-refractivity contribution in [3.8, 4) is 0 Å². The second kappa shape index (κ2) is 9.32. The summed E-state index contributed by atoms with van der Waals surface area (Å²) in [4.78, 5) is 0. The van der Waals surface area contributed by atoms with Crippen LogP contribution >= 0.6 is 0 Å². The molecule has 0 heterocycles. The third-order valence-electron chi connectivity index (χ3n) is 0. The zero-order valence-electron chi connectivity index (χ0n) is 3.59. The molecular weight excluding hydrogens is 95.8 g/mol. The Kier molecular flexibility index (Phi) is 24.5. The van der Waals surface area contributed by atoms with E-state index in [-0.39, 0.29) is 35.7 Å². The van der Waals surface area contributed by atoms with Crippen LogP contribution in [0.5, 0.6) is 0 Å². The van der Waals surface area contributed by atoms with Gasteiger partial charge in [-0.2, -0.15) is 0 Å². The molecule has 5 N–H and O–H groups in total. The molecule has 0 saturated heterocycles. The summed E-state index contributed by atoms with van der Waals surface area (Å²) in [5.74, 6) is 0. The third kappa shape index (κ3) is 91.3. The average Bonchev–Trinajstić information content (AvgIpc) is 0.811. The number of hydrogen-bond acceptors (Lipinski definition) is 4. The predicted octanol–water partition coefficient (Wildman–Crippen LogP) is -5.52. The van der Waals surface area contributed by atoms with Crippen LogP contribution in [0.2, 0.25) is 0 Å². The molecule has 6 heavy (non-hydrogen) atoms. The van der Waals surface area contributed by atoms with Gasteiger partial charge in [0.1, 0.15) is 0 Å². The van der Waals surface area contributed by atoms with Gasteiger partial charge in [0.15, 0.2) is 0 Å². The zero-order chi connectivity index (χ0) is 3.58. The van der Waals surface area contributed by atoms with E-state index in [1.807, 2.05) is 0 Å². The minimum Gasteiger partial charge on any atom is -0.832 e. The van der Waals surface area contributed by atoms with Crippen LogP contribution in [0.25, 0.3) is 0 Å². The molecule has 6 heteroatoms. The molecule has 0 aliphatic rings. The maximum atomic E-state index is 8.64. The summed E-state index contributed by atoms with van der Waals surface area (Å²) in [6.45, 7) is 0. The maximum absolute atomic E-state index is 8.64. The van der Waals surface area contributed by atoms with Crippen LogP contribution in [-0.2, 0) is 0 Å². The first-order valence-corrected chi connectivity index (χ1v) is 0.752. The fourth-order valence-electron chi connectivity index (χ4n) is 0. The normalized spacial score (nSPS) is 4.50. The molecule has 0 radical (unpaired) electrons. The van der Waals surface area contributed by atoms with E-state index in [1.165, 1.54) is 0 Å². The van der Waals surface area contributed by atoms with Gasteiger partial charge >= 0.3 is 36.9 Å². The first-order valence-electron chi connectivity index (χ1n) is 0.752. The fraction of sp³-hybridized carbons (Fsp3) is 0. The van der Waals surface area contributed by atoms with Crippen LogP contribution in [0.15, 0.2) is 0 Å². The van der Waals surface area contributed by atoms with Crippen LogP contribution in [0.3, 0.4) is 0 Å². The van der Waals surface area contributed by atoms with Gasteiger partial charge in [-0.05, 0) is 0 Å². The molecular formula is H5BNNaO3. The molecule has 4 nitrogen and oxygen atoms in total. The quantitative estimate of drug-likeness (QED) is 0.265. The second-order valence-electron chi connectivity index (χ2n) is 0.326. The summed E-state index contributed by atoms with van der Waals surface area (Å²) in [7, 11) is -2.42. The minimum atomic E-state index is -2.42. The van der Waals surface area contributed by atoms with Crippen LogP contribution < -0.4 is 40.7 Å². The van der Waals surface area contributed by atoms with Crippen LogP contribution in [0.4, 0.5) is 0 Å². The van der Waals surface area contributed by atoms with Crippen molar-refractivity contribution < 1.29 is 44.6 Å². The number of hydrogen-bond donors (Lipinski definition) is 3. The second-order valence-corrected chi connectivity index (χ2v) is 0.326. The molecule has 0 amide bonds. The van der Waals surface area contributed by atoms with Gasteiger partial charge in [-0.25, -0.2) is 0 Å². The maximum Gasteiger partial charge on any atom is 1.00 e. The smallest absolute Gasteiger partial charge is 0.832 e. The first-order chi connectivity index (χ1) is 1.73. The van der Waals surface area contributed by atoms with Crippen molar-refractivity contribution in [2.75, 3.05) is 0 Å². The summed E-state index contributed by atoms with van der Waals surface area (Å²) >= 11 is 0. The van der Waals surface area contributed by atoms with Crippen molar-refractivity contribution in [1.29, 1.82) is 0 Å². The molecule has 0 rings (SSSR count). The van der Waals surface area contributed by atoms with Gasteiger partial charge in [0.05, 0.1) is 0 Å². The van der Waals surface area contributed by atoms with Gasteiger partial charge in [0, 0.05) is 0 Å². The molecule has 0 atom stereocenters. The molecule has 0 saturated carbocycles. The third-order valence-corrected chi connectivity index (χ3v) is 0. The molecule has 0 aromatic rings. The van der Waals surface area contributed by atoms with E-state index in [9.17, 15) is 0 Å². The molecule has 0 fully saturated rings. The summed E-state index contributed by atoms with van der Waals surface area (Å²) < 4.78 is 0. The topological polar surface area (TPSA) is 98.5 Å². The summed E-state index contributed by atoms with van der Waals surface area (Å²) in [5.41, 5.74) is 0. The molecule has 0 spiro atoms. The van der Waals surface area contributed by atoms with Crippen molar-refractivity contribution in [2.24, 2.45) is 0 Å². The van der Waals surface area contributed by atoms with Gasteiger partial charge in [0.25, 0.3) is 0 Å². The largest absolute Gasteiger partial charge is 1.00 e. The Hall–Kier alpha value is 0.905. The Morgan fingerprint density at radius 1 is 1.33 bits per heavy atom. The van der Waals surface area contributed by atoms with Crippen molar-refractivity contribution >= 4 is 7.32 Å². The standard InChI is InChI=1S/BH2O3.H3N.Na/c2-1(3)4;;/h2-3H;1H3;/q-1;;+1. The van der Waals surface area contributed by atoms with Crippen molar-refractivity contribution in [1.82, 2.24) is 6.15 Å². The Labute approximate surface area is 58.2 Å². The van der Waals surface area contributed by atoms with E-state index >= 15 is 0 Å². The van der Waals surface area contributed by atoms with Crippen molar-refractivity contribution in [3.05, 3.63) is 0 Å². The van der Waals surface area contributed by atoms with Gasteiger partial charge in [-0.1, -0.05) is 0 Å². The molecule has 0 aliphatic carbocycles. The summed E-state index contributed by atoms with van der Waals surface area (Å²) in [6.07, 6.45) is 0.